The van der Waals surface area contributed by atoms with Gasteiger partial charge in [-0.05, 0) is 38.9 Å². The molecule has 0 spiro atoms. The van der Waals surface area contributed by atoms with E-state index in [0.717, 1.165) is 24.3 Å². The standard InChI is InChI=1S/C14H22ClNO2/c1-4-8-16-9-11-12(15)6-5-7-13(11)18-10-14(2,3)17/h5-7,16-17H,4,8-10H2,1-3H3. The molecule has 0 heterocycles. The van der Waals surface area contributed by atoms with Crippen molar-refractivity contribution in [2.45, 2.75) is 39.3 Å². The van der Waals surface area contributed by atoms with Crippen molar-refractivity contribution in [3.63, 3.8) is 0 Å². The average Bonchev–Trinajstić information content (AvgIpc) is 2.28. The van der Waals surface area contributed by atoms with E-state index in [1.54, 1.807) is 13.8 Å². The van der Waals surface area contributed by atoms with E-state index in [0.29, 0.717) is 11.6 Å². The summed E-state index contributed by atoms with van der Waals surface area (Å²) in [6.07, 6.45) is 1.07. The Hall–Kier alpha value is -0.770. The lowest BCUT2D eigenvalue weighted by Crippen LogP contribution is -2.28. The zero-order valence-electron chi connectivity index (χ0n) is 11.3. The topological polar surface area (TPSA) is 41.5 Å². The first-order valence-corrected chi connectivity index (χ1v) is 6.65. The SMILES string of the molecule is CCCNCc1c(Cl)cccc1OCC(C)(C)O. The lowest BCUT2D eigenvalue weighted by atomic mass is 10.1. The molecule has 0 bridgehead atoms. The van der Waals surface area contributed by atoms with Crippen molar-refractivity contribution >= 4 is 11.6 Å². The van der Waals surface area contributed by atoms with Crippen LogP contribution in [0, 0.1) is 0 Å². The molecule has 1 rings (SSSR count). The summed E-state index contributed by atoms with van der Waals surface area (Å²) in [5.74, 6) is 0.730. The summed E-state index contributed by atoms with van der Waals surface area (Å²) in [4.78, 5) is 0. The van der Waals surface area contributed by atoms with Gasteiger partial charge in [-0.15, -0.1) is 0 Å². The Morgan fingerprint density at radius 2 is 2.11 bits per heavy atom. The van der Waals surface area contributed by atoms with Crippen LogP contribution in [0.5, 0.6) is 5.75 Å². The number of nitrogens with one attached hydrogen (secondary N) is 1. The summed E-state index contributed by atoms with van der Waals surface area (Å²) in [5.41, 5.74) is 0.0908. The molecule has 18 heavy (non-hydrogen) atoms. The number of halogens is 1. The predicted molar refractivity (Wildman–Crippen MR) is 75.2 cm³/mol. The van der Waals surface area contributed by atoms with Crippen LogP contribution < -0.4 is 10.1 Å². The highest BCUT2D eigenvalue weighted by Crippen LogP contribution is 2.27. The van der Waals surface area contributed by atoms with E-state index in [-0.39, 0.29) is 6.61 Å². The smallest absolute Gasteiger partial charge is 0.125 e. The largest absolute Gasteiger partial charge is 0.490 e. The van der Waals surface area contributed by atoms with Crippen LogP contribution in [0.1, 0.15) is 32.8 Å². The van der Waals surface area contributed by atoms with Gasteiger partial charge < -0.3 is 15.2 Å². The summed E-state index contributed by atoms with van der Waals surface area (Å²) in [5, 5.41) is 13.7. The molecule has 0 aliphatic carbocycles. The Labute approximate surface area is 114 Å². The van der Waals surface area contributed by atoms with Crippen LogP contribution in [0.15, 0.2) is 18.2 Å². The molecule has 0 fully saturated rings. The summed E-state index contributed by atoms with van der Waals surface area (Å²) >= 11 is 6.18. The van der Waals surface area contributed by atoms with E-state index in [4.69, 9.17) is 16.3 Å². The normalized spacial score (nSPS) is 11.6. The summed E-state index contributed by atoms with van der Waals surface area (Å²) in [6.45, 7) is 7.41. The van der Waals surface area contributed by atoms with Gasteiger partial charge in [0.1, 0.15) is 12.4 Å². The van der Waals surface area contributed by atoms with Gasteiger partial charge in [-0.2, -0.15) is 0 Å². The Morgan fingerprint density at radius 1 is 1.39 bits per heavy atom. The maximum absolute atomic E-state index is 9.68. The third kappa shape index (κ3) is 5.25. The van der Waals surface area contributed by atoms with Crippen molar-refractivity contribution in [3.05, 3.63) is 28.8 Å². The number of hydrogen-bond donors (Lipinski definition) is 2. The zero-order valence-corrected chi connectivity index (χ0v) is 12.0. The fraction of sp³-hybridized carbons (Fsp3) is 0.571. The molecule has 0 aliphatic heterocycles. The molecular formula is C14H22ClNO2. The average molecular weight is 272 g/mol. The molecule has 1 aromatic rings. The van der Waals surface area contributed by atoms with Gasteiger partial charge in [0.05, 0.1) is 5.60 Å². The van der Waals surface area contributed by atoms with Crippen LogP contribution in [0.25, 0.3) is 0 Å². The minimum absolute atomic E-state index is 0.244. The lowest BCUT2D eigenvalue weighted by molar-refractivity contribution is 0.0281. The van der Waals surface area contributed by atoms with Crippen LogP contribution in [0.4, 0.5) is 0 Å². The van der Waals surface area contributed by atoms with Gasteiger partial charge >= 0.3 is 0 Å². The van der Waals surface area contributed by atoms with Crippen LogP contribution in [0.2, 0.25) is 5.02 Å². The van der Waals surface area contributed by atoms with Crippen LogP contribution in [-0.4, -0.2) is 23.9 Å². The molecule has 0 radical (unpaired) electrons. The van der Waals surface area contributed by atoms with Crippen LogP contribution in [-0.2, 0) is 6.54 Å². The van der Waals surface area contributed by atoms with Gasteiger partial charge in [-0.25, -0.2) is 0 Å². The van der Waals surface area contributed by atoms with Crippen LogP contribution >= 0.6 is 11.6 Å². The van der Waals surface area contributed by atoms with Crippen molar-refractivity contribution < 1.29 is 9.84 Å². The monoisotopic (exact) mass is 271 g/mol. The van der Waals surface area contributed by atoms with Gasteiger partial charge in [0.2, 0.25) is 0 Å². The third-order valence-corrected chi connectivity index (χ3v) is 2.74. The van der Waals surface area contributed by atoms with Gasteiger partial charge in [0.25, 0.3) is 0 Å². The van der Waals surface area contributed by atoms with Crippen LogP contribution in [0.3, 0.4) is 0 Å². The minimum Gasteiger partial charge on any atom is -0.490 e. The number of hydrogen-bond acceptors (Lipinski definition) is 3. The quantitative estimate of drug-likeness (QED) is 0.749. The summed E-state index contributed by atoms with van der Waals surface area (Å²) in [6, 6.07) is 5.58. The van der Waals surface area contributed by atoms with Gasteiger partial charge in [-0.1, -0.05) is 24.6 Å². The second kappa shape index (κ2) is 6.98. The predicted octanol–water partition coefficient (Wildman–Crippen LogP) is 2.99. The molecule has 1 aromatic carbocycles. The zero-order chi connectivity index (χ0) is 13.6. The molecule has 0 aromatic heterocycles. The fourth-order valence-electron chi connectivity index (χ4n) is 1.49. The van der Waals surface area contributed by atoms with Crippen molar-refractivity contribution in [2.75, 3.05) is 13.2 Å². The lowest BCUT2D eigenvalue weighted by Gasteiger charge is -2.20. The first-order valence-electron chi connectivity index (χ1n) is 6.27. The van der Waals surface area contributed by atoms with Gasteiger partial charge in [0.15, 0.2) is 0 Å². The number of ether oxygens (including phenoxy) is 1. The second-order valence-electron chi connectivity index (χ2n) is 4.99. The molecule has 3 nitrogen and oxygen atoms in total. The second-order valence-corrected chi connectivity index (χ2v) is 5.40. The first-order chi connectivity index (χ1) is 8.44. The Morgan fingerprint density at radius 3 is 2.72 bits per heavy atom. The Bertz CT molecular complexity index is 375. The van der Waals surface area contributed by atoms with E-state index in [9.17, 15) is 5.11 Å². The van der Waals surface area contributed by atoms with Gasteiger partial charge in [-0.3, -0.25) is 0 Å². The van der Waals surface area contributed by atoms with Crippen molar-refractivity contribution in [2.24, 2.45) is 0 Å². The molecule has 2 N–H and O–H groups in total. The highest BCUT2D eigenvalue weighted by atomic mass is 35.5. The van der Waals surface area contributed by atoms with E-state index >= 15 is 0 Å². The molecular weight excluding hydrogens is 250 g/mol. The van der Waals surface area contributed by atoms with E-state index in [2.05, 4.69) is 12.2 Å². The fourth-order valence-corrected chi connectivity index (χ4v) is 1.72. The number of benzene rings is 1. The van der Waals surface area contributed by atoms with Crippen molar-refractivity contribution in [1.29, 1.82) is 0 Å². The molecule has 102 valence electrons. The molecule has 4 heteroatoms. The first kappa shape index (κ1) is 15.3. The van der Waals surface area contributed by atoms with E-state index in [1.807, 2.05) is 18.2 Å². The summed E-state index contributed by atoms with van der Waals surface area (Å²) < 4.78 is 5.64. The Kier molecular flexibility index (Phi) is 5.93. The van der Waals surface area contributed by atoms with E-state index in [1.165, 1.54) is 0 Å². The number of aliphatic hydroxyl groups is 1. The molecule has 0 unspecified atom stereocenters. The minimum atomic E-state index is -0.851. The molecule has 0 saturated carbocycles. The van der Waals surface area contributed by atoms with Gasteiger partial charge in [0, 0.05) is 17.1 Å². The summed E-state index contributed by atoms with van der Waals surface area (Å²) in [7, 11) is 0. The number of rotatable bonds is 7. The van der Waals surface area contributed by atoms with Crippen molar-refractivity contribution in [3.8, 4) is 5.75 Å². The maximum Gasteiger partial charge on any atom is 0.125 e. The molecule has 0 atom stereocenters. The maximum atomic E-state index is 9.68. The molecule has 0 amide bonds. The molecule has 0 saturated heterocycles. The van der Waals surface area contributed by atoms with Crippen molar-refractivity contribution in [1.82, 2.24) is 5.32 Å². The highest BCUT2D eigenvalue weighted by Gasteiger charge is 2.15. The highest BCUT2D eigenvalue weighted by molar-refractivity contribution is 6.31. The Balaban J connectivity index is 2.73. The third-order valence-electron chi connectivity index (χ3n) is 2.39. The van der Waals surface area contributed by atoms with E-state index < -0.39 is 5.60 Å². The molecule has 0 aliphatic rings.